The second kappa shape index (κ2) is 13.6. The zero-order valence-electron chi connectivity index (χ0n) is 22.9. The van der Waals surface area contributed by atoms with E-state index in [1.165, 1.54) is 0 Å². The van der Waals surface area contributed by atoms with Crippen molar-refractivity contribution < 1.29 is 24.1 Å². The highest BCUT2D eigenvalue weighted by Crippen LogP contribution is 2.31. The van der Waals surface area contributed by atoms with Crippen LogP contribution < -0.4 is 18.9 Å². The average molecular weight is 549 g/mol. The van der Waals surface area contributed by atoms with E-state index in [4.69, 9.17) is 35.7 Å². The van der Waals surface area contributed by atoms with Crippen LogP contribution in [0.3, 0.4) is 0 Å². The molecular formula is C28H41ClN4O5. The summed E-state index contributed by atoms with van der Waals surface area (Å²) in [6, 6.07) is 6.37. The molecule has 0 aliphatic carbocycles. The maximum absolute atomic E-state index is 8.94. The summed E-state index contributed by atoms with van der Waals surface area (Å²) in [5.74, 6) is 2.72. The van der Waals surface area contributed by atoms with E-state index in [0.29, 0.717) is 40.5 Å². The molecule has 0 aromatic carbocycles. The van der Waals surface area contributed by atoms with Gasteiger partial charge in [-0.3, -0.25) is 4.90 Å². The SMILES string of the molecule is COc1ncc(OC2CCN(C(C)CC3CN(C(C)C)CCC3Oc3ccc(OCCO)nc3)C2)cc1Cl. The van der Waals surface area contributed by atoms with Crippen molar-refractivity contribution in [2.75, 3.05) is 46.5 Å². The van der Waals surface area contributed by atoms with Crippen LogP contribution in [0, 0.1) is 5.92 Å². The molecule has 0 spiro atoms. The molecule has 9 nitrogen and oxygen atoms in total. The Morgan fingerprint density at radius 2 is 1.82 bits per heavy atom. The van der Waals surface area contributed by atoms with E-state index in [2.05, 4.69) is 40.5 Å². The molecular weight excluding hydrogens is 508 g/mol. The van der Waals surface area contributed by atoms with Crippen LogP contribution in [-0.2, 0) is 0 Å². The summed E-state index contributed by atoms with van der Waals surface area (Å²) in [5, 5.41) is 9.40. The first-order valence-electron chi connectivity index (χ1n) is 13.6. The molecule has 0 saturated carbocycles. The van der Waals surface area contributed by atoms with Gasteiger partial charge in [-0.1, -0.05) is 11.6 Å². The van der Waals surface area contributed by atoms with Gasteiger partial charge in [-0.05, 0) is 46.1 Å². The van der Waals surface area contributed by atoms with Crippen molar-refractivity contribution in [3.63, 3.8) is 0 Å². The van der Waals surface area contributed by atoms with Crippen LogP contribution in [0.1, 0.15) is 40.0 Å². The van der Waals surface area contributed by atoms with Gasteiger partial charge in [0.05, 0.1) is 26.1 Å². The number of halogens is 1. The monoisotopic (exact) mass is 548 g/mol. The normalized spacial score (nSPS) is 23.4. The third-order valence-corrected chi connectivity index (χ3v) is 7.76. The summed E-state index contributed by atoms with van der Waals surface area (Å²) in [6.07, 6.45) is 6.60. The van der Waals surface area contributed by atoms with E-state index in [0.717, 1.165) is 51.2 Å². The maximum Gasteiger partial charge on any atom is 0.232 e. The summed E-state index contributed by atoms with van der Waals surface area (Å²) >= 11 is 6.22. The summed E-state index contributed by atoms with van der Waals surface area (Å²) in [5.41, 5.74) is 0. The number of aliphatic hydroxyl groups is 1. The van der Waals surface area contributed by atoms with E-state index in [-0.39, 0.29) is 25.4 Å². The summed E-state index contributed by atoms with van der Waals surface area (Å²) in [7, 11) is 1.55. The van der Waals surface area contributed by atoms with Crippen LogP contribution in [-0.4, -0.2) is 95.7 Å². The van der Waals surface area contributed by atoms with E-state index >= 15 is 0 Å². The number of ether oxygens (including phenoxy) is 4. The fourth-order valence-corrected chi connectivity index (χ4v) is 5.62. The Balaban J connectivity index is 1.34. The molecule has 2 fully saturated rings. The van der Waals surface area contributed by atoms with Gasteiger partial charge in [0.2, 0.25) is 11.8 Å². The lowest BCUT2D eigenvalue weighted by atomic mass is 9.88. The van der Waals surface area contributed by atoms with Crippen LogP contribution in [0.5, 0.6) is 23.3 Å². The van der Waals surface area contributed by atoms with Crippen molar-refractivity contribution in [1.29, 1.82) is 0 Å². The highest BCUT2D eigenvalue weighted by molar-refractivity contribution is 6.31. The third-order valence-electron chi connectivity index (χ3n) is 7.49. The zero-order chi connectivity index (χ0) is 27.1. The fourth-order valence-electron chi connectivity index (χ4n) is 5.39. The molecule has 4 unspecified atom stereocenters. The lowest BCUT2D eigenvalue weighted by molar-refractivity contribution is 0.0154. The molecule has 38 heavy (non-hydrogen) atoms. The molecule has 10 heteroatoms. The molecule has 2 aromatic rings. The molecule has 2 aromatic heterocycles. The smallest absolute Gasteiger partial charge is 0.232 e. The van der Waals surface area contributed by atoms with Gasteiger partial charge < -0.3 is 29.0 Å². The van der Waals surface area contributed by atoms with Crippen LogP contribution in [0.2, 0.25) is 5.02 Å². The van der Waals surface area contributed by atoms with Crippen LogP contribution in [0.25, 0.3) is 0 Å². The standard InChI is InChI=1S/C28H41ClN4O5/c1-19(2)32-10-8-26(38-22-5-6-27(30-15-22)36-12-11-34)21(17-32)13-20(3)33-9-7-23(18-33)37-24-14-25(29)28(35-4)31-16-24/h5-6,14-16,19-21,23,26,34H,7-13,17-18H2,1-4H3. The molecule has 1 N–H and O–H groups in total. The van der Waals surface area contributed by atoms with E-state index in [1.807, 2.05) is 6.07 Å². The molecule has 0 radical (unpaired) electrons. The minimum absolute atomic E-state index is 0.0366. The molecule has 0 amide bonds. The van der Waals surface area contributed by atoms with Crippen LogP contribution in [0.4, 0.5) is 0 Å². The average Bonchev–Trinajstić information content (AvgIpc) is 3.38. The van der Waals surface area contributed by atoms with Crippen molar-refractivity contribution in [3.05, 3.63) is 35.6 Å². The number of piperidine rings is 1. The largest absolute Gasteiger partial charge is 0.488 e. The highest BCUT2D eigenvalue weighted by Gasteiger charge is 2.35. The Morgan fingerprint density at radius 3 is 2.50 bits per heavy atom. The minimum atomic E-state index is -0.0366. The predicted molar refractivity (Wildman–Crippen MR) is 147 cm³/mol. The quantitative estimate of drug-likeness (QED) is 0.424. The van der Waals surface area contributed by atoms with Gasteiger partial charge in [0.25, 0.3) is 0 Å². The van der Waals surface area contributed by atoms with Gasteiger partial charge in [0.15, 0.2) is 0 Å². The van der Waals surface area contributed by atoms with Crippen molar-refractivity contribution in [3.8, 4) is 23.3 Å². The molecule has 2 aliphatic rings. The molecule has 4 rings (SSSR count). The van der Waals surface area contributed by atoms with E-state index in [9.17, 15) is 0 Å². The van der Waals surface area contributed by atoms with Crippen molar-refractivity contribution >= 4 is 11.6 Å². The van der Waals surface area contributed by atoms with Crippen molar-refractivity contribution in [2.45, 2.75) is 64.3 Å². The first kappa shape index (κ1) is 28.7. The zero-order valence-corrected chi connectivity index (χ0v) is 23.6. The highest BCUT2D eigenvalue weighted by atomic mass is 35.5. The predicted octanol–water partition coefficient (Wildman–Crippen LogP) is 3.92. The number of aliphatic hydroxyl groups excluding tert-OH is 1. The number of methoxy groups -OCH3 is 1. The summed E-state index contributed by atoms with van der Waals surface area (Å²) < 4.78 is 23.2. The van der Waals surface area contributed by atoms with Gasteiger partial charge in [-0.2, -0.15) is 0 Å². The Kier molecular flexibility index (Phi) is 10.3. The third kappa shape index (κ3) is 7.62. The maximum atomic E-state index is 8.94. The van der Waals surface area contributed by atoms with Crippen LogP contribution >= 0.6 is 11.6 Å². The number of pyridine rings is 2. The van der Waals surface area contributed by atoms with Gasteiger partial charge in [0, 0.05) is 56.3 Å². The minimum Gasteiger partial charge on any atom is -0.488 e. The molecule has 4 heterocycles. The van der Waals surface area contributed by atoms with Crippen molar-refractivity contribution in [2.24, 2.45) is 5.92 Å². The van der Waals surface area contributed by atoms with Gasteiger partial charge >= 0.3 is 0 Å². The Morgan fingerprint density at radius 1 is 1.03 bits per heavy atom. The van der Waals surface area contributed by atoms with Crippen LogP contribution in [0.15, 0.2) is 30.6 Å². The van der Waals surface area contributed by atoms with Gasteiger partial charge in [-0.25, -0.2) is 9.97 Å². The second-order valence-electron chi connectivity index (χ2n) is 10.5. The fraction of sp³-hybridized carbons (Fsp3) is 0.643. The Labute approximate surface area is 231 Å². The molecule has 2 saturated heterocycles. The molecule has 210 valence electrons. The number of hydrogen-bond donors (Lipinski definition) is 1. The number of aromatic nitrogens is 2. The first-order chi connectivity index (χ1) is 18.4. The molecule has 0 bridgehead atoms. The Bertz CT molecular complexity index is 1010. The topological polar surface area (TPSA) is 89.4 Å². The second-order valence-corrected chi connectivity index (χ2v) is 10.9. The van der Waals surface area contributed by atoms with Gasteiger partial charge in [-0.15, -0.1) is 0 Å². The lowest BCUT2D eigenvalue weighted by Crippen LogP contribution is -2.50. The van der Waals surface area contributed by atoms with Gasteiger partial charge in [0.1, 0.15) is 35.3 Å². The summed E-state index contributed by atoms with van der Waals surface area (Å²) in [6.45, 7) is 10.9. The number of rotatable bonds is 12. The Hall–Kier alpha value is -2.33. The van der Waals surface area contributed by atoms with E-state index < -0.39 is 0 Å². The lowest BCUT2D eigenvalue weighted by Gasteiger charge is -2.42. The van der Waals surface area contributed by atoms with Crippen molar-refractivity contribution in [1.82, 2.24) is 19.8 Å². The van der Waals surface area contributed by atoms with E-state index in [1.54, 1.807) is 31.6 Å². The number of hydrogen-bond acceptors (Lipinski definition) is 9. The summed E-state index contributed by atoms with van der Waals surface area (Å²) in [4.78, 5) is 13.6. The number of likely N-dealkylation sites (tertiary alicyclic amines) is 2. The molecule has 4 atom stereocenters. The molecule has 2 aliphatic heterocycles. The first-order valence-corrected chi connectivity index (χ1v) is 13.9. The number of nitrogens with zero attached hydrogens (tertiary/aromatic N) is 4.